The number of aryl methyl sites for hydroxylation is 1. The molecule has 21 heavy (non-hydrogen) atoms. The SMILES string of the molecule is Cc1ccc(C(=O)O)cc1NC(=O)CN1CCCS1(=O)=O. The highest BCUT2D eigenvalue weighted by Crippen LogP contribution is 2.18. The van der Waals surface area contributed by atoms with E-state index in [1.807, 2.05) is 0 Å². The highest BCUT2D eigenvalue weighted by atomic mass is 32.2. The van der Waals surface area contributed by atoms with E-state index in [1.54, 1.807) is 13.0 Å². The molecule has 0 aromatic heterocycles. The zero-order valence-corrected chi connectivity index (χ0v) is 12.3. The largest absolute Gasteiger partial charge is 0.478 e. The summed E-state index contributed by atoms with van der Waals surface area (Å²) in [5, 5.41) is 11.5. The Kier molecular flexibility index (Phi) is 4.29. The van der Waals surface area contributed by atoms with Crippen LogP contribution in [0.4, 0.5) is 5.69 Å². The van der Waals surface area contributed by atoms with Gasteiger partial charge in [-0.1, -0.05) is 6.07 Å². The molecule has 0 spiro atoms. The van der Waals surface area contributed by atoms with Gasteiger partial charge in [-0.2, -0.15) is 4.31 Å². The van der Waals surface area contributed by atoms with Crippen molar-refractivity contribution >= 4 is 27.6 Å². The first-order chi connectivity index (χ1) is 9.79. The second-order valence-electron chi connectivity index (χ2n) is 4.89. The molecule has 1 aromatic carbocycles. The zero-order valence-electron chi connectivity index (χ0n) is 11.5. The van der Waals surface area contributed by atoms with E-state index in [4.69, 9.17) is 5.11 Å². The Hall–Kier alpha value is -1.93. The standard InChI is InChI=1S/C13H16N2O5S/c1-9-3-4-10(13(17)18)7-11(9)14-12(16)8-15-5-2-6-21(15,19)20/h3-4,7H,2,5-6,8H2,1H3,(H,14,16)(H,17,18). The number of carbonyl (C=O) groups excluding carboxylic acids is 1. The number of sulfonamides is 1. The molecular weight excluding hydrogens is 296 g/mol. The van der Waals surface area contributed by atoms with E-state index in [-0.39, 0.29) is 17.9 Å². The number of carboxylic acid groups (broad SMARTS) is 1. The first-order valence-corrected chi connectivity index (χ1v) is 8.02. The van der Waals surface area contributed by atoms with Crippen LogP contribution < -0.4 is 5.32 Å². The van der Waals surface area contributed by atoms with E-state index < -0.39 is 21.9 Å². The molecule has 0 unspecified atom stereocenters. The van der Waals surface area contributed by atoms with Crippen LogP contribution in [-0.4, -0.2) is 48.5 Å². The fourth-order valence-corrected chi connectivity index (χ4v) is 3.58. The zero-order chi connectivity index (χ0) is 15.6. The second-order valence-corrected chi connectivity index (χ2v) is 6.97. The minimum absolute atomic E-state index is 0.0599. The molecule has 2 rings (SSSR count). The third-order valence-corrected chi connectivity index (χ3v) is 5.18. The Labute approximate surface area is 122 Å². The third-order valence-electron chi connectivity index (χ3n) is 3.28. The summed E-state index contributed by atoms with van der Waals surface area (Å²) in [6.07, 6.45) is 0.517. The van der Waals surface area contributed by atoms with Crippen molar-refractivity contribution in [3.63, 3.8) is 0 Å². The molecule has 8 heteroatoms. The lowest BCUT2D eigenvalue weighted by molar-refractivity contribution is -0.116. The Morgan fingerprint density at radius 3 is 2.67 bits per heavy atom. The van der Waals surface area contributed by atoms with Gasteiger partial charge in [-0.05, 0) is 31.0 Å². The Morgan fingerprint density at radius 2 is 2.10 bits per heavy atom. The van der Waals surface area contributed by atoms with Crippen LogP contribution in [0.3, 0.4) is 0 Å². The molecule has 1 heterocycles. The van der Waals surface area contributed by atoms with Gasteiger partial charge in [0.25, 0.3) is 0 Å². The molecule has 0 atom stereocenters. The molecule has 7 nitrogen and oxygen atoms in total. The maximum absolute atomic E-state index is 11.9. The predicted octanol–water partition coefficient (Wildman–Crippen LogP) is 0.667. The van der Waals surface area contributed by atoms with Gasteiger partial charge >= 0.3 is 5.97 Å². The van der Waals surface area contributed by atoms with Gasteiger partial charge in [0.15, 0.2) is 0 Å². The maximum Gasteiger partial charge on any atom is 0.335 e. The van der Waals surface area contributed by atoms with Gasteiger partial charge in [0, 0.05) is 12.2 Å². The van der Waals surface area contributed by atoms with Crippen LogP contribution in [0.15, 0.2) is 18.2 Å². The van der Waals surface area contributed by atoms with Crippen LogP contribution in [0, 0.1) is 6.92 Å². The van der Waals surface area contributed by atoms with Crippen LogP contribution in [-0.2, 0) is 14.8 Å². The van der Waals surface area contributed by atoms with E-state index in [2.05, 4.69) is 5.32 Å². The molecule has 114 valence electrons. The van der Waals surface area contributed by atoms with Gasteiger partial charge in [0.2, 0.25) is 15.9 Å². The van der Waals surface area contributed by atoms with Crippen LogP contribution >= 0.6 is 0 Å². The lowest BCUT2D eigenvalue weighted by Crippen LogP contribution is -2.34. The average molecular weight is 312 g/mol. The van der Waals surface area contributed by atoms with E-state index in [1.165, 1.54) is 12.1 Å². The van der Waals surface area contributed by atoms with Crippen LogP contribution in [0.5, 0.6) is 0 Å². The fraction of sp³-hybridized carbons (Fsp3) is 0.385. The number of aromatic carboxylic acids is 1. The number of nitrogens with one attached hydrogen (secondary N) is 1. The minimum Gasteiger partial charge on any atom is -0.478 e. The molecule has 1 aliphatic rings. The summed E-state index contributed by atoms with van der Waals surface area (Å²) in [6.45, 7) is 1.82. The van der Waals surface area contributed by atoms with Gasteiger partial charge < -0.3 is 10.4 Å². The fourth-order valence-electron chi connectivity index (χ4n) is 2.11. The third kappa shape index (κ3) is 3.59. The molecule has 1 aliphatic heterocycles. The topological polar surface area (TPSA) is 104 Å². The highest BCUT2D eigenvalue weighted by molar-refractivity contribution is 7.89. The molecule has 0 saturated carbocycles. The van der Waals surface area contributed by atoms with Gasteiger partial charge in [-0.15, -0.1) is 0 Å². The van der Waals surface area contributed by atoms with Gasteiger partial charge in [-0.3, -0.25) is 4.79 Å². The molecule has 1 fully saturated rings. The Morgan fingerprint density at radius 1 is 1.38 bits per heavy atom. The van der Waals surface area contributed by atoms with Crippen molar-refractivity contribution in [2.75, 3.05) is 24.2 Å². The predicted molar refractivity (Wildman–Crippen MR) is 76.7 cm³/mol. The highest BCUT2D eigenvalue weighted by Gasteiger charge is 2.29. The molecule has 0 bridgehead atoms. The average Bonchev–Trinajstić information content (AvgIpc) is 2.71. The van der Waals surface area contributed by atoms with Crippen molar-refractivity contribution in [1.82, 2.24) is 4.31 Å². The molecule has 1 aromatic rings. The maximum atomic E-state index is 11.9. The Balaban J connectivity index is 2.09. The van der Waals surface area contributed by atoms with Crippen LogP contribution in [0.2, 0.25) is 0 Å². The van der Waals surface area contributed by atoms with Crippen molar-refractivity contribution in [3.8, 4) is 0 Å². The molecular formula is C13H16N2O5S. The van der Waals surface area contributed by atoms with Gasteiger partial charge in [0.1, 0.15) is 0 Å². The summed E-state index contributed by atoms with van der Waals surface area (Å²) in [5.41, 5.74) is 1.14. The summed E-state index contributed by atoms with van der Waals surface area (Å²) < 4.78 is 24.4. The first kappa shape index (κ1) is 15.5. The number of nitrogens with zero attached hydrogens (tertiary/aromatic N) is 1. The van der Waals surface area contributed by atoms with Gasteiger partial charge in [-0.25, -0.2) is 13.2 Å². The van der Waals surface area contributed by atoms with Crippen molar-refractivity contribution in [3.05, 3.63) is 29.3 Å². The number of anilines is 1. The van der Waals surface area contributed by atoms with Crippen LogP contribution in [0.1, 0.15) is 22.3 Å². The van der Waals surface area contributed by atoms with E-state index in [0.717, 1.165) is 4.31 Å². The summed E-state index contributed by atoms with van der Waals surface area (Å²) in [5.74, 6) is -1.51. The van der Waals surface area contributed by atoms with Gasteiger partial charge in [0.05, 0.1) is 17.9 Å². The number of hydrogen-bond donors (Lipinski definition) is 2. The Bertz CT molecular complexity index is 684. The minimum atomic E-state index is -3.33. The van der Waals surface area contributed by atoms with Crippen molar-refractivity contribution in [2.24, 2.45) is 0 Å². The second kappa shape index (κ2) is 5.82. The lowest BCUT2D eigenvalue weighted by Gasteiger charge is -2.15. The molecule has 1 amide bonds. The van der Waals surface area contributed by atoms with Crippen LogP contribution in [0.25, 0.3) is 0 Å². The summed E-state index contributed by atoms with van der Waals surface area (Å²) in [6, 6.07) is 4.39. The van der Waals surface area contributed by atoms with E-state index in [9.17, 15) is 18.0 Å². The molecule has 0 radical (unpaired) electrons. The quantitative estimate of drug-likeness (QED) is 0.850. The number of hydrogen-bond acceptors (Lipinski definition) is 4. The molecule has 0 aliphatic carbocycles. The summed E-state index contributed by atoms with van der Waals surface area (Å²) in [4.78, 5) is 22.8. The monoisotopic (exact) mass is 312 g/mol. The molecule has 1 saturated heterocycles. The summed E-state index contributed by atoms with van der Waals surface area (Å²) in [7, 11) is -3.33. The lowest BCUT2D eigenvalue weighted by atomic mass is 10.1. The van der Waals surface area contributed by atoms with Crippen molar-refractivity contribution < 1.29 is 23.1 Å². The summed E-state index contributed by atoms with van der Waals surface area (Å²) >= 11 is 0. The van der Waals surface area contributed by atoms with Crippen molar-refractivity contribution in [2.45, 2.75) is 13.3 Å². The smallest absolute Gasteiger partial charge is 0.335 e. The first-order valence-electron chi connectivity index (χ1n) is 6.41. The normalized spacial score (nSPS) is 17.6. The van der Waals surface area contributed by atoms with Crippen molar-refractivity contribution in [1.29, 1.82) is 0 Å². The van der Waals surface area contributed by atoms with E-state index >= 15 is 0 Å². The number of rotatable bonds is 4. The molecule has 2 N–H and O–H groups in total. The number of carbonyl (C=O) groups is 2. The van der Waals surface area contributed by atoms with E-state index in [0.29, 0.717) is 24.2 Å². The number of carboxylic acids is 1. The number of amides is 1. The number of benzene rings is 1.